The lowest BCUT2D eigenvalue weighted by molar-refractivity contribution is 0.0950. The van der Waals surface area contributed by atoms with E-state index < -0.39 is 10.0 Å². The average Bonchev–Trinajstić information content (AvgIpc) is 3.14. The molecule has 26 heavy (non-hydrogen) atoms. The van der Waals surface area contributed by atoms with Gasteiger partial charge in [-0.05, 0) is 55.8 Å². The first-order chi connectivity index (χ1) is 12.0. The van der Waals surface area contributed by atoms with Crippen LogP contribution in [0.4, 0.5) is 5.69 Å². The number of anilines is 1. The van der Waals surface area contributed by atoms with Crippen LogP contribution in [-0.2, 0) is 10.0 Å². The molecule has 0 aromatic heterocycles. The Morgan fingerprint density at radius 2 is 1.77 bits per heavy atom. The summed E-state index contributed by atoms with van der Waals surface area (Å²) in [7, 11) is -3.63. The number of sulfonamides is 1. The van der Waals surface area contributed by atoms with E-state index in [4.69, 9.17) is 0 Å². The van der Waals surface area contributed by atoms with Gasteiger partial charge in [0.05, 0.1) is 4.90 Å². The highest BCUT2D eigenvalue weighted by molar-refractivity contribution is 7.92. The summed E-state index contributed by atoms with van der Waals surface area (Å²) in [6.07, 6.45) is 2.21. The van der Waals surface area contributed by atoms with Crippen molar-refractivity contribution < 1.29 is 13.2 Å². The fraction of sp³-hybridized carbons (Fsp3) is 0.278. The van der Waals surface area contributed by atoms with Crippen molar-refractivity contribution in [2.24, 2.45) is 0 Å². The molecule has 2 aromatic rings. The van der Waals surface area contributed by atoms with Gasteiger partial charge in [0.25, 0.3) is 15.9 Å². The van der Waals surface area contributed by atoms with Crippen LogP contribution in [0.1, 0.15) is 23.2 Å². The minimum atomic E-state index is -3.63. The Morgan fingerprint density at radius 3 is 2.38 bits per heavy atom. The highest BCUT2D eigenvalue weighted by Crippen LogP contribution is 2.16. The summed E-state index contributed by atoms with van der Waals surface area (Å²) < 4.78 is 27.1. The fourth-order valence-corrected chi connectivity index (χ4v) is 3.83. The van der Waals surface area contributed by atoms with E-state index in [9.17, 15) is 13.2 Å². The SMILES string of the molecule is Cl.O=C(NCC1CCCN1)c1ccc(NS(=O)(=O)c2ccccc2)cc1. The van der Waals surface area contributed by atoms with E-state index in [0.717, 1.165) is 19.4 Å². The highest BCUT2D eigenvalue weighted by atomic mass is 35.5. The number of halogens is 1. The van der Waals surface area contributed by atoms with Crippen molar-refractivity contribution in [2.75, 3.05) is 17.8 Å². The monoisotopic (exact) mass is 395 g/mol. The van der Waals surface area contributed by atoms with Gasteiger partial charge in [0.1, 0.15) is 0 Å². The molecule has 2 aromatic carbocycles. The van der Waals surface area contributed by atoms with Crippen molar-refractivity contribution in [1.82, 2.24) is 10.6 Å². The number of benzene rings is 2. The first kappa shape index (κ1) is 20.2. The zero-order valence-corrected chi connectivity index (χ0v) is 15.8. The molecular weight excluding hydrogens is 374 g/mol. The molecule has 1 atom stereocenters. The Balaban J connectivity index is 0.00000243. The van der Waals surface area contributed by atoms with Crippen LogP contribution >= 0.6 is 12.4 Å². The Kier molecular flexibility index (Phi) is 7.02. The molecule has 1 fully saturated rings. The molecule has 0 bridgehead atoms. The van der Waals surface area contributed by atoms with E-state index in [1.165, 1.54) is 12.1 Å². The molecule has 1 unspecified atom stereocenters. The summed E-state index contributed by atoms with van der Waals surface area (Å²) in [4.78, 5) is 12.3. The molecule has 8 heteroatoms. The van der Waals surface area contributed by atoms with E-state index in [1.54, 1.807) is 42.5 Å². The first-order valence-electron chi connectivity index (χ1n) is 8.24. The van der Waals surface area contributed by atoms with Crippen LogP contribution in [0.2, 0.25) is 0 Å². The molecule has 0 spiro atoms. The maximum atomic E-state index is 12.3. The lowest BCUT2D eigenvalue weighted by Crippen LogP contribution is -2.37. The maximum absolute atomic E-state index is 12.3. The Labute approximate surface area is 159 Å². The van der Waals surface area contributed by atoms with Crippen molar-refractivity contribution in [3.8, 4) is 0 Å². The molecule has 0 radical (unpaired) electrons. The second-order valence-electron chi connectivity index (χ2n) is 6.00. The van der Waals surface area contributed by atoms with Gasteiger partial charge in [-0.25, -0.2) is 8.42 Å². The maximum Gasteiger partial charge on any atom is 0.261 e. The summed E-state index contributed by atoms with van der Waals surface area (Å²) in [6, 6.07) is 14.9. The molecule has 3 rings (SSSR count). The number of hydrogen-bond donors (Lipinski definition) is 3. The summed E-state index contributed by atoms with van der Waals surface area (Å²) in [6.45, 7) is 1.60. The topological polar surface area (TPSA) is 87.3 Å². The Morgan fingerprint density at radius 1 is 1.08 bits per heavy atom. The fourth-order valence-electron chi connectivity index (χ4n) is 2.75. The van der Waals surface area contributed by atoms with Crippen LogP contribution in [0.5, 0.6) is 0 Å². The molecule has 0 aliphatic carbocycles. The van der Waals surface area contributed by atoms with E-state index in [-0.39, 0.29) is 23.2 Å². The molecular formula is C18H22ClN3O3S. The summed E-state index contributed by atoms with van der Waals surface area (Å²) in [5.41, 5.74) is 0.915. The highest BCUT2D eigenvalue weighted by Gasteiger charge is 2.16. The van der Waals surface area contributed by atoms with Crippen molar-refractivity contribution >= 4 is 34.0 Å². The minimum Gasteiger partial charge on any atom is -0.350 e. The van der Waals surface area contributed by atoms with Crippen molar-refractivity contribution in [2.45, 2.75) is 23.8 Å². The van der Waals surface area contributed by atoms with E-state index in [2.05, 4.69) is 15.4 Å². The first-order valence-corrected chi connectivity index (χ1v) is 9.72. The van der Waals surface area contributed by atoms with E-state index in [1.807, 2.05) is 0 Å². The second kappa shape index (κ2) is 9.02. The van der Waals surface area contributed by atoms with Crippen LogP contribution in [0, 0.1) is 0 Å². The van der Waals surface area contributed by atoms with Crippen molar-refractivity contribution in [1.29, 1.82) is 0 Å². The number of nitrogens with one attached hydrogen (secondary N) is 3. The molecule has 1 aliphatic heterocycles. The standard InChI is InChI=1S/C18H21N3O3S.ClH/c22-18(20-13-16-5-4-12-19-16)14-8-10-15(11-9-14)21-25(23,24)17-6-2-1-3-7-17;/h1-3,6-11,16,19,21H,4-5,12-13H2,(H,20,22);1H. The molecule has 1 heterocycles. The van der Waals surface area contributed by atoms with Gasteiger partial charge in [-0.1, -0.05) is 18.2 Å². The predicted octanol–water partition coefficient (Wildman–Crippen LogP) is 2.39. The van der Waals surface area contributed by atoms with Crippen LogP contribution in [0.3, 0.4) is 0 Å². The molecule has 0 saturated carbocycles. The van der Waals surface area contributed by atoms with Gasteiger partial charge in [-0.3, -0.25) is 9.52 Å². The van der Waals surface area contributed by atoms with Gasteiger partial charge in [0.15, 0.2) is 0 Å². The quantitative estimate of drug-likeness (QED) is 0.700. The number of carbonyl (C=O) groups excluding carboxylic acids is 1. The van der Waals surface area contributed by atoms with Gasteiger partial charge >= 0.3 is 0 Å². The Hall–Kier alpha value is -2.09. The summed E-state index contributed by atoms with van der Waals surface area (Å²) >= 11 is 0. The number of carbonyl (C=O) groups is 1. The van der Waals surface area contributed by atoms with Crippen LogP contribution in [0.15, 0.2) is 59.5 Å². The second-order valence-corrected chi connectivity index (χ2v) is 7.68. The third-order valence-electron chi connectivity index (χ3n) is 4.12. The minimum absolute atomic E-state index is 0. The number of hydrogen-bond acceptors (Lipinski definition) is 4. The Bertz CT molecular complexity index is 821. The smallest absolute Gasteiger partial charge is 0.261 e. The van der Waals surface area contributed by atoms with E-state index >= 15 is 0 Å². The zero-order valence-electron chi connectivity index (χ0n) is 14.1. The van der Waals surface area contributed by atoms with Crippen LogP contribution < -0.4 is 15.4 Å². The molecule has 3 N–H and O–H groups in total. The molecule has 1 amide bonds. The normalized spacial score (nSPS) is 16.5. The third-order valence-corrected chi connectivity index (χ3v) is 5.52. The van der Waals surface area contributed by atoms with Crippen LogP contribution in [0.25, 0.3) is 0 Å². The van der Waals surface area contributed by atoms with Crippen LogP contribution in [-0.4, -0.2) is 33.5 Å². The zero-order chi connectivity index (χ0) is 17.7. The predicted molar refractivity (Wildman–Crippen MR) is 104 cm³/mol. The summed E-state index contributed by atoms with van der Waals surface area (Å²) in [5.74, 6) is -0.161. The lowest BCUT2D eigenvalue weighted by Gasteiger charge is -2.12. The van der Waals surface area contributed by atoms with Gasteiger partial charge in [-0.2, -0.15) is 0 Å². The molecule has 1 aliphatic rings. The average molecular weight is 396 g/mol. The van der Waals surface area contributed by atoms with Gasteiger partial charge in [-0.15, -0.1) is 12.4 Å². The number of rotatable bonds is 6. The molecule has 1 saturated heterocycles. The summed E-state index contributed by atoms with van der Waals surface area (Å²) in [5, 5.41) is 6.22. The number of amides is 1. The molecule has 140 valence electrons. The van der Waals surface area contributed by atoms with Crippen molar-refractivity contribution in [3.63, 3.8) is 0 Å². The largest absolute Gasteiger partial charge is 0.350 e. The lowest BCUT2D eigenvalue weighted by atomic mass is 10.2. The van der Waals surface area contributed by atoms with Gasteiger partial charge in [0, 0.05) is 23.8 Å². The molecule has 6 nitrogen and oxygen atoms in total. The van der Waals surface area contributed by atoms with E-state index in [0.29, 0.717) is 23.8 Å². The van der Waals surface area contributed by atoms with Gasteiger partial charge < -0.3 is 10.6 Å². The third kappa shape index (κ3) is 5.20. The van der Waals surface area contributed by atoms with Crippen molar-refractivity contribution in [3.05, 3.63) is 60.2 Å². The van der Waals surface area contributed by atoms with Gasteiger partial charge in [0.2, 0.25) is 0 Å².